The molecular weight excluding hydrogens is 170 g/mol. The third kappa shape index (κ3) is 2.59. The van der Waals surface area contributed by atoms with Crippen LogP contribution < -0.4 is 5.32 Å². The number of aliphatic hydroxyl groups excluding tert-OH is 1. The van der Waals surface area contributed by atoms with Gasteiger partial charge in [0.05, 0.1) is 6.61 Å². The van der Waals surface area contributed by atoms with E-state index < -0.39 is 0 Å². The van der Waals surface area contributed by atoms with Crippen molar-refractivity contribution in [3.8, 4) is 0 Å². The van der Waals surface area contributed by atoms with Gasteiger partial charge in [0, 0.05) is 12.6 Å². The highest BCUT2D eigenvalue weighted by molar-refractivity contribution is 7.08. The predicted molar refractivity (Wildman–Crippen MR) is 52.4 cm³/mol. The Kier molecular flexibility index (Phi) is 3.72. The molecule has 1 aromatic heterocycles. The minimum Gasteiger partial charge on any atom is -0.395 e. The molecule has 0 saturated heterocycles. The molecule has 2 N–H and O–H groups in total. The maximum atomic E-state index is 8.77. The number of hydrogen-bond donors (Lipinski definition) is 2. The highest BCUT2D eigenvalue weighted by atomic mass is 32.1. The van der Waals surface area contributed by atoms with E-state index >= 15 is 0 Å². The smallest absolute Gasteiger partial charge is 0.0582 e. The van der Waals surface area contributed by atoms with Crippen LogP contribution in [0, 0.1) is 6.92 Å². The molecule has 2 nitrogen and oxygen atoms in total. The maximum absolute atomic E-state index is 8.77. The van der Waals surface area contributed by atoms with Crippen LogP contribution in [-0.2, 0) is 6.54 Å². The molecule has 12 heavy (non-hydrogen) atoms. The van der Waals surface area contributed by atoms with E-state index in [9.17, 15) is 0 Å². The Morgan fingerprint density at radius 2 is 2.33 bits per heavy atom. The predicted octanol–water partition coefficient (Wildman–Crippen LogP) is 1.53. The van der Waals surface area contributed by atoms with Gasteiger partial charge in [-0.3, -0.25) is 0 Å². The molecule has 0 radical (unpaired) electrons. The lowest BCUT2D eigenvalue weighted by atomic mass is 10.2. The van der Waals surface area contributed by atoms with Gasteiger partial charge in [-0.2, -0.15) is 11.3 Å². The van der Waals surface area contributed by atoms with Crippen LogP contribution in [0.15, 0.2) is 10.8 Å². The van der Waals surface area contributed by atoms with E-state index in [4.69, 9.17) is 5.11 Å². The van der Waals surface area contributed by atoms with Crippen LogP contribution in [0.1, 0.15) is 18.1 Å². The van der Waals surface area contributed by atoms with E-state index in [0.717, 1.165) is 6.54 Å². The fraction of sp³-hybridized carbons (Fsp3) is 0.556. The first-order valence-electron chi connectivity index (χ1n) is 4.10. The number of thiophene rings is 1. The first-order chi connectivity index (χ1) is 5.74. The zero-order chi connectivity index (χ0) is 8.97. The monoisotopic (exact) mass is 185 g/mol. The van der Waals surface area contributed by atoms with Crippen LogP contribution in [-0.4, -0.2) is 17.8 Å². The molecule has 0 aliphatic rings. The van der Waals surface area contributed by atoms with Crippen molar-refractivity contribution in [1.29, 1.82) is 0 Å². The van der Waals surface area contributed by atoms with Gasteiger partial charge in [-0.15, -0.1) is 0 Å². The molecule has 0 aliphatic carbocycles. The van der Waals surface area contributed by atoms with E-state index in [1.807, 2.05) is 6.92 Å². The van der Waals surface area contributed by atoms with Gasteiger partial charge in [0.2, 0.25) is 0 Å². The summed E-state index contributed by atoms with van der Waals surface area (Å²) in [4.78, 5) is 0. The second-order valence-corrected chi connectivity index (χ2v) is 3.79. The summed E-state index contributed by atoms with van der Waals surface area (Å²) in [7, 11) is 0. The highest BCUT2D eigenvalue weighted by Crippen LogP contribution is 2.12. The largest absolute Gasteiger partial charge is 0.395 e. The minimum absolute atomic E-state index is 0.185. The molecule has 0 saturated carbocycles. The average molecular weight is 185 g/mol. The Morgan fingerprint density at radius 1 is 1.58 bits per heavy atom. The Labute approximate surface area is 77.2 Å². The summed E-state index contributed by atoms with van der Waals surface area (Å²) >= 11 is 1.72. The van der Waals surface area contributed by atoms with Crippen LogP contribution >= 0.6 is 11.3 Å². The molecule has 0 amide bonds. The first-order valence-corrected chi connectivity index (χ1v) is 5.04. The third-order valence-electron chi connectivity index (χ3n) is 1.88. The van der Waals surface area contributed by atoms with Crippen molar-refractivity contribution in [3.63, 3.8) is 0 Å². The van der Waals surface area contributed by atoms with Gasteiger partial charge in [-0.1, -0.05) is 0 Å². The third-order valence-corrected chi connectivity index (χ3v) is 2.79. The van der Waals surface area contributed by atoms with Crippen molar-refractivity contribution in [1.82, 2.24) is 5.32 Å². The Hall–Kier alpha value is -0.380. The Balaban J connectivity index is 2.38. The zero-order valence-corrected chi connectivity index (χ0v) is 8.32. The van der Waals surface area contributed by atoms with Crippen molar-refractivity contribution in [2.45, 2.75) is 26.4 Å². The van der Waals surface area contributed by atoms with E-state index in [2.05, 4.69) is 23.0 Å². The fourth-order valence-corrected chi connectivity index (χ4v) is 1.77. The van der Waals surface area contributed by atoms with E-state index in [1.54, 1.807) is 11.3 Å². The Bertz CT molecular complexity index is 234. The molecule has 0 aliphatic heterocycles. The second-order valence-electron chi connectivity index (χ2n) is 3.04. The Morgan fingerprint density at radius 3 is 2.83 bits per heavy atom. The lowest BCUT2D eigenvalue weighted by Gasteiger charge is -2.09. The molecular formula is C9H15NOS. The lowest BCUT2D eigenvalue weighted by molar-refractivity contribution is 0.251. The topological polar surface area (TPSA) is 32.3 Å². The summed E-state index contributed by atoms with van der Waals surface area (Å²) in [6, 6.07) is 0.185. The van der Waals surface area contributed by atoms with Gasteiger partial charge in [0.25, 0.3) is 0 Å². The molecule has 1 heterocycles. The maximum Gasteiger partial charge on any atom is 0.0582 e. The molecule has 0 spiro atoms. The van der Waals surface area contributed by atoms with Gasteiger partial charge >= 0.3 is 0 Å². The number of rotatable bonds is 4. The van der Waals surface area contributed by atoms with Gasteiger partial charge in [-0.05, 0) is 35.7 Å². The standard InChI is InChI=1S/C9H15NOS/c1-7-5-12-6-9(7)3-10-8(2)4-11/h5-6,8,10-11H,3-4H2,1-2H3. The molecule has 0 fully saturated rings. The number of aryl methyl sites for hydroxylation is 1. The first kappa shape index (κ1) is 9.71. The van der Waals surface area contributed by atoms with E-state index in [-0.39, 0.29) is 12.6 Å². The van der Waals surface area contributed by atoms with Crippen molar-refractivity contribution < 1.29 is 5.11 Å². The van der Waals surface area contributed by atoms with Crippen molar-refractivity contribution in [3.05, 3.63) is 21.9 Å². The highest BCUT2D eigenvalue weighted by Gasteiger charge is 2.01. The van der Waals surface area contributed by atoms with Crippen LogP contribution in [0.3, 0.4) is 0 Å². The molecule has 1 rings (SSSR count). The number of hydrogen-bond acceptors (Lipinski definition) is 3. The van der Waals surface area contributed by atoms with Crippen LogP contribution in [0.5, 0.6) is 0 Å². The molecule has 3 heteroatoms. The quantitative estimate of drug-likeness (QED) is 0.745. The van der Waals surface area contributed by atoms with E-state index in [0.29, 0.717) is 0 Å². The van der Waals surface area contributed by atoms with Gasteiger partial charge in [-0.25, -0.2) is 0 Å². The summed E-state index contributed by atoms with van der Waals surface area (Å²) in [6.45, 7) is 5.14. The summed E-state index contributed by atoms with van der Waals surface area (Å²) in [5.41, 5.74) is 2.66. The normalized spacial score (nSPS) is 13.2. The molecule has 1 atom stereocenters. The molecule has 1 unspecified atom stereocenters. The number of nitrogens with one attached hydrogen (secondary N) is 1. The second kappa shape index (κ2) is 4.60. The molecule has 68 valence electrons. The molecule has 1 aromatic rings. The summed E-state index contributed by atoms with van der Waals surface area (Å²) in [6.07, 6.45) is 0. The molecule has 0 bridgehead atoms. The van der Waals surface area contributed by atoms with Crippen LogP contribution in [0.25, 0.3) is 0 Å². The lowest BCUT2D eigenvalue weighted by Crippen LogP contribution is -2.28. The molecule has 0 aromatic carbocycles. The van der Waals surface area contributed by atoms with Crippen molar-refractivity contribution >= 4 is 11.3 Å². The van der Waals surface area contributed by atoms with E-state index in [1.165, 1.54) is 11.1 Å². The average Bonchev–Trinajstić information content (AvgIpc) is 2.47. The number of aliphatic hydroxyl groups is 1. The van der Waals surface area contributed by atoms with Gasteiger partial charge in [0.15, 0.2) is 0 Å². The zero-order valence-electron chi connectivity index (χ0n) is 7.50. The SMILES string of the molecule is Cc1cscc1CNC(C)CO. The summed E-state index contributed by atoms with van der Waals surface area (Å²) < 4.78 is 0. The van der Waals surface area contributed by atoms with Crippen LogP contribution in [0.4, 0.5) is 0 Å². The van der Waals surface area contributed by atoms with Crippen molar-refractivity contribution in [2.75, 3.05) is 6.61 Å². The van der Waals surface area contributed by atoms with Gasteiger partial charge in [0.1, 0.15) is 0 Å². The van der Waals surface area contributed by atoms with Gasteiger partial charge < -0.3 is 10.4 Å². The summed E-state index contributed by atoms with van der Waals surface area (Å²) in [5, 5.41) is 16.3. The minimum atomic E-state index is 0.185. The van der Waals surface area contributed by atoms with Crippen molar-refractivity contribution in [2.24, 2.45) is 0 Å². The van der Waals surface area contributed by atoms with Crippen LogP contribution in [0.2, 0.25) is 0 Å². The summed E-state index contributed by atoms with van der Waals surface area (Å²) in [5.74, 6) is 0. The fourth-order valence-electron chi connectivity index (χ4n) is 0.917.